The lowest BCUT2D eigenvalue weighted by Gasteiger charge is -2.31. The minimum absolute atomic E-state index is 0.289. The summed E-state index contributed by atoms with van der Waals surface area (Å²) in [6.45, 7) is 1.79. The van der Waals surface area contributed by atoms with Crippen molar-refractivity contribution < 1.29 is 4.39 Å². The maximum Gasteiger partial charge on any atom is 0.199 e. The summed E-state index contributed by atoms with van der Waals surface area (Å²) in [5.41, 5.74) is 14.8. The molecule has 0 bridgehead atoms. The molecule has 1 saturated heterocycles. The first-order valence-electron chi connectivity index (χ1n) is 8.51. The Bertz CT molecular complexity index is 865. The van der Waals surface area contributed by atoms with Crippen LogP contribution in [0.25, 0.3) is 11.3 Å². The van der Waals surface area contributed by atoms with E-state index < -0.39 is 6.17 Å². The Morgan fingerprint density at radius 3 is 2.73 bits per heavy atom. The van der Waals surface area contributed by atoms with Crippen LogP contribution in [-0.2, 0) is 0 Å². The fourth-order valence-corrected chi connectivity index (χ4v) is 4.19. The van der Waals surface area contributed by atoms with Gasteiger partial charge in [-0.05, 0) is 24.3 Å². The first-order valence-corrected chi connectivity index (χ1v) is 9.67. The number of halogens is 1. The van der Waals surface area contributed by atoms with E-state index in [-0.39, 0.29) is 5.82 Å². The lowest BCUT2D eigenvalue weighted by molar-refractivity contribution is 0.374. The second-order valence-electron chi connectivity index (χ2n) is 6.37. The van der Waals surface area contributed by atoms with Crippen molar-refractivity contribution in [3.8, 4) is 11.3 Å². The van der Waals surface area contributed by atoms with Gasteiger partial charge in [0.05, 0.1) is 11.3 Å². The van der Waals surface area contributed by atoms with E-state index >= 15 is 0 Å². The number of nitrogens with zero attached hydrogens (tertiary/aromatic N) is 4. The molecular formula is C18H21FN6S. The Hall–Kier alpha value is -2.32. The molecule has 2 aromatic rings. The zero-order valence-electron chi connectivity index (χ0n) is 14.5. The van der Waals surface area contributed by atoms with Crippen molar-refractivity contribution in [2.45, 2.75) is 6.17 Å². The maximum absolute atomic E-state index is 14.8. The topological polar surface area (TPSA) is 83.8 Å². The second kappa shape index (κ2) is 6.77. The summed E-state index contributed by atoms with van der Waals surface area (Å²) in [6, 6.07) is 8.83. The monoisotopic (exact) mass is 372 g/mol. The highest BCUT2D eigenvalue weighted by Crippen LogP contribution is 2.37. The van der Waals surface area contributed by atoms with Gasteiger partial charge >= 0.3 is 0 Å². The number of aliphatic imine (C=N–C) groups is 1. The van der Waals surface area contributed by atoms with Gasteiger partial charge in [-0.15, -0.1) is 0 Å². The van der Waals surface area contributed by atoms with Crippen molar-refractivity contribution in [1.29, 1.82) is 0 Å². The standard InChI is InChI=1S/C18H21FN6S/c1-24-16(20)11-5-6-13(22-17(11)23-18(24)21)15-12(19)3-2-4-14(15)25-7-9-26-10-8-25/h2-6,16H,7-10,20H2,1H3,(H2,21,22,23). The summed E-state index contributed by atoms with van der Waals surface area (Å²) in [5, 5.41) is 0. The summed E-state index contributed by atoms with van der Waals surface area (Å²) in [5.74, 6) is 2.54. The lowest BCUT2D eigenvalue weighted by atomic mass is 10.0. The molecular weight excluding hydrogens is 351 g/mol. The van der Waals surface area contributed by atoms with Gasteiger partial charge in [0.1, 0.15) is 12.0 Å². The van der Waals surface area contributed by atoms with Crippen molar-refractivity contribution in [1.82, 2.24) is 9.88 Å². The number of guanidine groups is 1. The van der Waals surface area contributed by atoms with Crippen molar-refractivity contribution >= 4 is 29.2 Å². The SMILES string of the molecule is CN1C(N)=Nc2nc(-c3c(F)cccc3N3CCSCC3)ccc2C1N. The molecule has 26 heavy (non-hydrogen) atoms. The molecule has 136 valence electrons. The van der Waals surface area contributed by atoms with Crippen LogP contribution >= 0.6 is 11.8 Å². The summed E-state index contributed by atoms with van der Waals surface area (Å²) in [6.07, 6.45) is -0.414. The second-order valence-corrected chi connectivity index (χ2v) is 7.59. The first kappa shape index (κ1) is 17.1. The molecule has 8 heteroatoms. The molecule has 4 N–H and O–H groups in total. The molecule has 6 nitrogen and oxygen atoms in total. The smallest absolute Gasteiger partial charge is 0.199 e. The minimum atomic E-state index is -0.414. The molecule has 1 fully saturated rings. The fraction of sp³-hybridized carbons (Fsp3) is 0.333. The van der Waals surface area contributed by atoms with Crippen LogP contribution in [0.1, 0.15) is 11.7 Å². The average molecular weight is 372 g/mol. The minimum Gasteiger partial charge on any atom is -0.369 e. The van der Waals surface area contributed by atoms with Crippen LogP contribution in [0, 0.1) is 5.82 Å². The number of benzene rings is 1. The Balaban J connectivity index is 1.81. The van der Waals surface area contributed by atoms with Crippen LogP contribution < -0.4 is 16.4 Å². The van der Waals surface area contributed by atoms with Crippen LogP contribution in [-0.4, -0.2) is 47.5 Å². The normalized spacial score (nSPS) is 20.0. The quantitative estimate of drug-likeness (QED) is 0.842. The first-order chi connectivity index (χ1) is 12.6. The van der Waals surface area contributed by atoms with E-state index in [4.69, 9.17) is 11.5 Å². The average Bonchev–Trinajstić information content (AvgIpc) is 2.66. The van der Waals surface area contributed by atoms with Crippen molar-refractivity contribution in [2.75, 3.05) is 36.5 Å². The third-order valence-corrected chi connectivity index (χ3v) is 5.77. The van der Waals surface area contributed by atoms with Gasteiger partial charge in [-0.2, -0.15) is 16.8 Å². The molecule has 0 radical (unpaired) electrons. The van der Waals surface area contributed by atoms with Gasteiger partial charge < -0.3 is 21.3 Å². The zero-order valence-corrected chi connectivity index (χ0v) is 15.3. The van der Waals surface area contributed by atoms with E-state index in [0.717, 1.165) is 35.8 Å². The number of hydrogen-bond acceptors (Lipinski definition) is 7. The highest BCUT2D eigenvalue weighted by atomic mass is 32.2. The van der Waals surface area contributed by atoms with Crippen LogP contribution in [0.5, 0.6) is 0 Å². The van der Waals surface area contributed by atoms with Gasteiger partial charge in [-0.1, -0.05) is 6.07 Å². The number of fused-ring (bicyclic) bond motifs is 1. The van der Waals surface area contributed by atoms with Gasteiger partial charge in [0, 0.05) is 42.9 Å². The molecule has 4 rings (SSSR count). The predicted octanol–water partition coefficient (Wildman–Crippen LogP) is 2.29. The number of rotatable bonds is 2. The van der Waals surface area contributed by atoms with E-state index in [1.54, 1.807) is 18.0 Å². The Kier molecular flexibility index (Phi) is 4.46. The number of aromatic nitrogens is 1. The molecule has 1 aromatic heterocycles. The number of hydrogen-bond donors (Lipinski definition) is 2. The van der Waals surface area contributed by atoms with Gasteiger partial charge in [-0.25, -0.2) is 9.37 Å². The molecule has 0 spiro atoms. The van der Waals surface area contributed by atoms with E-state index in [2.05, 4.69) is 14.9 Å². The van der Waals surface area contributed by atoms with Crippen LogP contribution in [0.15, 0.2) is 35.3 Å². The molecule has 0 saturated carbocycles. The molecule has 2 aliphatic heterocycles. The molecule has 3 heterocycles. The highest BCUT2D eigenvalue weighted by Gasteiger charge is 2.26. The van der Waals surface area contributed by atoms with Crippen LogP contribution in [0.4, 0.5) is 15.9 Å². The van der Waals surface area contributed by atoms with Crippen LogP contribution in [0.2, 0.25) is 0 Å². The number of pyridine rings is 1. The van der Waals surface area contributed by atoms with Crippen molar-refractivity contribution in [2.24, 2.45) is 16.5 Å². The van der Waals surface area contributed by atoms with Gasteiger partial charge in [0.15, 0.2) is 11.8 Å². The highest BCUT2D eigenvalue weighted by molar-refractivity contribution is 7.99. The molecule has 2 aliphatic rings. The maximum atomic E-state index is 14.8. The molecule has 1 unspecified atom stereocenters. The third-order valence-electron chi connectivity index (χ3n) is 4.82. The van der Waals surface area contributed by atoms with Gasteiger partial charge in [0.2, 0.25) is 0 Å². The summed E-state index contributed by atoms with van der Waals surface area (Å²) in [4.78, 5) is 12.8. The predicted molar refractivity (Wildman–Crippen MR) is 105 cm³/mol. The largest absolute Gasteiger partial charge is 0.369 e. The van der Waals surface area contributed by atoms with E-state index in [1.807, 2.05) is 30.0 Å². The van der Waals surface area contributed by atoms with Crippen LogP contribution in [0.3, 0.4) is 0 Å². The molecule has 0 aliphatic carbocycles. The van der Waals surface area contributed by atoms with E-state index in [1.165, 1.54) is 6.07 Å². The lowest BCUT2D eigenvalue weighted by Crippen LogP contribution is -2.43. The van der Waals surface area contributed by atoms with Gasteiger partial charge in [-0.3, -0.25) is 0 Å². The van der Waals surface area contributed by atoms with E-state index in [9.17, 15) is 4.39 Å². The molecule has 0 amide bonds. The van der Waals surface area contributed by atoms with Gasteiger partial charge in [0.25, 0.3) is 0 Å². The Morgan fingerprint density at radius 1 is 1.19 bits per heavy atom. The number of nitrogens with two attached hydrogens (primary N) is 2. The fourth-order valence-electron chi connectivity index (χ4n) is 3.29. The third kappa shape index (κ3) is 2.89. The summed E-state index contributed by atoms with van der Waals surface area (Å²) >= 11 is 1.92. The summed E-state index contributed by atoms with van der Waals surface area (Å²) < 4.78 is 14.8. The summed E-state index contributed by atoms with van der Waals surface area (Å²) in [7, 11) is 1.78. The molecule has 1 aromatic carbocycles. The molecule has 1 atom stereocenters. The Morgan fingerprint density at radius 2 is 1.96 bits per heavy atom. The van der Waals surface area contributed by atoms with E-state index in [0.29, 0.717) is 23.0 Å². The van der Waals surface area contributed by atoms with Crippen molar-refractivity contribution in [3.05, 3.63) is 41.7 Å². The Labute approximate surface area is 156 Å². The number of anilines is 1. The zero-order chi connectivity index (χ0) is 18.3. The number of thioether (sulfide) groups is 1. The van der Waals surface area contributed by atoms with Crippen molar-refractivity contribution in [3.63, 3.8) is 0 Å².